The van der Waals surface area contributed by atoms with Crippen LogP contribution in [0.2, 0.25) is 0 Å². The van der Waals surface area contributed by atoms with Crippen LogP contribution in [-0.4, -0.2) is 10.1 Å². The van der Waals surface area contributed by atoms with Crippen LogP contribution >= 0.6 is 0 Å². The van der Waals surface area contributed by atoms with Crippen LogP contribution in [-0.2, 0) is 28.8 Å². The molecule has 0 spiro atoms. The van der Waals surface area contributed by atoms with E-state index in [9.17, 15) is 0 Å². The molecule has 0 aliphatic carbocycles. The molecule has 0 saturated carbocycles. The molecule has 4 heavy (non-hydrogen) atoms. The normalized spacial score (nSPS) is 2.50. The van der Waals surface area contributed by atoms with Gasteiger partial charge in [0.15, 0.2) is 0 Å². The van der Waals surface area contributed by atoms with Crippen LogP contribution < -0.4 is 0 Å². The van der Waals surface area contributed by atoms with Gasteiger partial charge in [-0.2, -0.15) is 0 Å². The van der Waals surface area contributed by atoms with Crippen molar-refractivity contribution >= 4 is 10.1 Å². The van der Waals surface area contributed by atoms with Crippen LogP contribution in [0.5, 0.6) is 0 Å². The van der Waals surface area contributed by atoms with Crippen molar-refractivity contribution in [2.24, 2.45) is 0 Å². The van der Waals surface area contributed by atoms with Crippen molar-refractivity contribution in [1.29, 1.82) is 0 Å². The minimum atomic E-state index is 0.611. The van der Waals surface area contributed by atoms with Crippen LogP contribution in [0.25, 0.3) is 0 Å². The Balaban J connectivity index is 0. The number of rotatable bonds is 0. The fourth-order valence-corrected chi connectivity index (χ4v) is 0. The molecule has 0 aromatic rings. The topological polar surface area (TPSA) is 34.1 Å². The summed E-state index contributed by atoms with van der Waals surface area (Å²) >= 11 is 1.70. The summed E-state index contributed by atoms with van der Waals surface area (Å²) in [5, 5.41) is 0. The van der Waals surface area contributed by atoms with Gasteiger partial charge in [-0.05, 0) is 0 Å². The second-order valence-electron chi connectivity index (χ2n) is 0. The molecule has 0 radical (unpaired) electrons. The Hall–Kier alpha value is 0.557. The van der Waals surface area contributed by atoms with Gasteiger partial charge in [-0.25, -0.2) is 0 Å². The van der Waals surface area contributed by atoms with Gasteiger partial charge in [0.1, 0.15) is 0 Å². The van der Waals surface area contributed by atoms with Crippen molar-refractivity contribution in [2.75, 3.05) is 0 Å². The summed E-state index contributed by atoms with van der Waals surface area (Å²) in [5.41, 5.74) is 0. The van der Waals surface area contributed by atoms with Crippen LogP contribution in [0.4, 0.5) is 0 Å². The summed E-state index contributed by atoms with van der Waals surface area (Å²) in [6, 6.07) is 0. The van der Waals surface area contributed by atoms with E-state index in [0.29, 0.717) is 10.1 Å². The molecule has 0 aliphatic rings. The first kappa shape index (κ1) is 8.82. The summed E-state index contributed by atoms with van der Waals surface area (Å²) in [4.78, 5) is 0. The third-order valence-corrected chi connectivity index (χ3v) is 0. The number of hydrogen-bond donors (Lipinski definition) is 0. The zero-order valence-corrected chi connectivity index (χ0v) is 4.72. The Bertz CT molecular complexity index is 8.00. The Morgan fingerprint density at radius 2 is 1.25 bits per heavy atom. The molecule has 0 aromatic carbocycles. The molecule has 0 unspecified atom stereocenters. The molecule has 0 N–H and O–H groups in total. The Kier molecular flexibility index (Phi) is 165. The van der Waals surface area contributed by atoms with Crippen LogP contribution in [0, 0.1) is 0 Å². The van der Waals surface area contributed by atoms with Crippen molar-refractivity contribution < 1.29 is 28.8 Å². The fourth-order valence-electron chi connectivity index (χ4n) is 0. The monoisotopic (exact) mass is 169 g/mol. The molecule has 0 saturated heterocycles. The van der Waals surface area contributed by atoms with E-state index in [1.54, 1.807) is 21.0 Å². The standard InChI is InChI=1S/Ag.H2OSi.O/c;1-2;/h;2H2;. The van der Waals surface area contributed by atoms with E-state index >= 15 is 0 Å². The minimum absolute atomic E-state index is 0.611. The molecule has 0 aliphatic heterocycles. The first-order valence-electron chi connectivity index (χ1n) is 0.412. The summed E-state index contributed by atoms with van der Waals surface area (Å²) in [6.07, 6.45) is 0. The maximum absolute atomic E-state index is 8.28. The predicted octanol–water partition coefficient (Wildman–Crippen LogP) is -1.16. The van der Waals surface area contributed by atoms with Crippen molar-refractivity contribution in [3.8, 4) is 0 Å². The van der Waals surface area contributed by atoms with E-state index in [1.165, 1.54) is 0 Å². The average molecular weight is 170 g/mol. The van der Waals surface area contributed by atoms with E-state index in [0.717, 1.165) is 0 Å². The zero-order valence-electron chi connectivity index (χ0n) is 1.83. The Morgan fingerprint density at radius 1 is 1.25 bits per heavy atom. The van der Waals surface area contributed by atoms with Crippen molar-refractivity contribution in [3.05, 3.63) is 0 Å². The fraction of sp³-hybridized carbons (Fsp3) is 0. The second kappa shape index (κ2) is 74.9. The molecule has 0 bridgehead atoms. The van der Waals surface area contributed by atoms with Gasteiger partial charge in [0.05, 0.1) is 0 Å². The maximum atomic E-state index is 8.28. The molecule has 2 nitrogen and oxygen atoms in total. The Labute approximate surface area is 39.3 Å². The van der Waals surface area contributed by atoms with Crippen LogP contribution in [0.1, 0.15) is 0 Å². The van der Waals surface area contributed by atoms with Gasteiger partial charge in [0, 0.05) is 0 Å². The van der Waals surface area contributed by atoms with Gasteiger partial charge >= 0.3 is 24.3 Å². The third-order valence-electron chi connectivity index (χ3n) is 0. The summed E-state index contributed by atoms with van der Waals surface area (Å²) < 4.78 is 16.3. The molecule has 4 heteroatoms. The number of hydrogen-bond acceptors (Lipinski definition) is 2. The predicted molar refractivity (Wildman–Crippen MR) is 9.92 cm³/mol. The summed E-state index contributed by atoms with van der Waals surface area (Å²) in [7, 11) is 0.611. The molecule has 0 aromatic heterocycles. The Morgan fingerprint density at radius 3 is 1.25 bits per heavy atom. The molecular weight excluding hydrogens is 168 g/mol. The van der Waals surface area contributed by atoms with E-state index < -0.39 is 0 Å². The molecule has 29 valence electrons. The average Bonchev–Trinajstić information content (AvgIpc) is 1.50. The molecule has 0 atom stereocenters. The van der Waals surface area contributed by atoms with Crippen molar-refractivity contribution in [2.45, 2.75) is 0 Å². The molecule has 0 amide bonds. The first-order valence-corrected chi connectivity index (χ1v) is 1.59. The van der Waals surface area contributed by atoms with Gasteiger partial charge in [-0.1, -0.05) is 0 Å². The van der Waals surface area contributed by atoms with Gasteiger partial charge in [0.25, 0.3) is 0 Å². The summed E-state index contributed by atoms with van der Waals surface area (Å²) in [5.74, 6) is 0. The quantitative estimate of drug-likeness (QED) is 0.430. The molecule has 0 rings (SSSR count). The third kappa shape index (κ3) is 20.0. The first-order chi connectivity index (χ1) is 2.00. The van der Waals surface area contributed by atoms with Gasteiger partial charge in [0.2, 0.25) is 10.1 Å². The second-order valence-corrected chi connectivity index (χ2v) is 0. The van der Waals surface area contributed by atoms with E-state index in [2.05, 4.69) is 0 Å². The van der Waals surface area contributed by atoms with E-state index in [4.69, 9.17) is 7.71 Å². The summed E-state index contributed by atoms with van der Waals surface area (Å²) in [6.45, 7) is 0. The SMILES string of the molecule is O=[SiH2].[O]=[Ag]. The van der Waals surface area contributed by atoms with Crippen LogP contribution in [0.15, 0.2) is 0 Å². The van der Waals surface area contributed by atoms with Gasteiger partial charge in [-0.3, -0.25) is 0 Å². The van der Waals surface area contributed by atoms with Gasteiger partial charge < -0.3 is 4.46 Å². The molecule has 0 heterocycles. The van der Waals surface area contributed by atoms with E-state index in [-0.39, 0.29) is 0 Å². The van der Waals surface area contributed by atoms with Gasteiger partial charge in [-0.15, -0.1) is 0 Å². The molecule has 0 fully saturated rings. The molecular formula is H2AgO2Si. The van der Waals surface area contributed by atoms with Crippen LogP contribution in [0.3, 0.4) is 0 Å². The van der Waals surface area contributed by atoms with Crippen molar-refractivity contribution in [1.82, 2.24) is 0 Å². The van der Waals surface area contributed by atoms with Crippen molar-refractivity contribution in [3.63, 3.8) is 0 Å². The zero-order chi connectivity index (χ0) is 4.00. The van der Waals surface area contributed by atoms with E-state index in [1.807, 2.05) is 0 Å².